The Bertz CT molecular complexity index is 848. The molecule has 26 heavy (non-hydrogen) atoms. The molecular formula is C19H21FN2O3S. The molecule has 1 fully saturated rings. The van der Waals surface area contributed by atoms with Crippen molar-refractivity contribution in [2.45, 2.75) is 30.2 Å². The molecule has 0 aliphatic carbocycles. The minimum Gasteiger partial charge on any atom is -0.341 e. The maximum absolute atomic E-state index is 13.1. The quantitative estimate of drug-likeness (QED) is 0.842. The standard InChI is InChI=1S/C19H21FN2O3S/c20-16-8-10-17(11-9-16)26(24,25)21-18(14-15-6-2-1-3-7-15)19(23)22-12-4-5-13-22/h1-3,6-11,18,21H,4-5,12-14H2/t18-/m0/s1. The van der Waals surface area contributed by atoms with Crippen LogP contribution in [0.15, 0.2) is 59.5 Å². The van der Waals surface area contributed by atoms with Crippen LogP contribution in [-0.4, -0.2) is 38.4 Å². The molecule has 2 aromatic carbocycles. The van der Waals surface area contributed by atoms with E-state index in [4.69, 9.17) is 0 Å². The smallest absolute Gasteiger partial charge is 0.241 e. The summed E-state index contributed by atoms with van der Waals surface area (Å²) >= 11 is 0. The second-order valence-corrected chi connectivity index (χ2v) is 8.06. The number of benzene rings is 2. The van der Waals surface area contributed by atoms with Crippen molar-refractivity contribution >= 4 is 15.9 Å². The molecule has 0 unspecified atom stereocenters. The van der Waals surface area contributed by atoms with E-state index in [0.717, 1.165) is 30.5 Å². The highest BCUT2D eigenvalue weighted by Gasteiger charge is 2.30. The van der Waals surface area contributed by atoms with Crippen molar-refractivity contribution in [3.8, 4) is 0 Å². The summed E-state index contributed by atoms with van der Waals surface area (Å²) in [6.45, 7) is 1.28. The van der Waals surface area contributed by atoms with Crippen LogP contribution in [-0.2, 0) is 21.2 Å². The molecule has 1 aliphatic heterocycles. The Morgan fingerprint density at radius 2 is 1.65 bits per heavy atom. The number of halogens is 1. The van der Waals surface area contributed by atoms with Crippen LogP contribution in [0.25, 0.3) is 0 Å². The van der Waals surface area contributed by atoms with E-state index in [1.165, 1.54) is 12.1 Å². The topological polar surface area (TPSA) is 66.5 Å². The van der Waals surface area contributed by atoms with E-state index in [1.54, 1.807) is 4.90 Å². The Labute approximate surface area is 152 Å². The minimum absolute atomic E-state index is 0.0637. The molecule has 1 N–H and O–H groups in total. The maximum atomic E-state index is 13.1. The highest BCUT2D eigenvalue weighted by atomic mass is 32.2. The Morgan fingerprint density at radius 3 is 2.27 bits per heavy atom. The lowest BCUT2D eigenvalue weighted by atomic mass is 10.1. The predicted octanol–water partition coefficient (Wildman–Crippen LogP) is 2.34. The molecule has 1 amide bonds. The van der Waals surface area contributed by atoms with Crippen molar-refractivity contribution in [2.75, 3.05) is 13.1 Å². The van der Waals surface area contributed by atoms with Gasteiger partial charge >= 0.3 is 0 Å². The minimum atomic E-state index is -3.94. The molecule has 1 heterocycles. The molecule has 1 atom stereocenters. The van der Waals surface area contributed by atoms with Gasteiger partial charge in [0.25, 0.3) is 0 Å². The van der Waals surface area contributed by atoms with Gasteiger partial charge in [0, 0.05) is 13.1 Å². The first-order valence-electron chi connectivity index (χ1n) is 8.56. The van der Waals surface area contributed by atoms with Gasteiger partial charge < -0.3 is 4.90 Å². The van der Waals surface area contributed by atoms with Crippen molar-refractivity contribution < 1.29 is 17.6 Å². The van der Waals surface area contributed by atoms with Crippen molar-refractivity contribution in [1.82, 2.24) is 9.62 Å². The van der Waals surface area contributed by atoms with E-state index in [0.29, 0.717) is 13.1 Å². The van der Waals surface area contributed by atoms with E-state index in [9.17, 15) is 17.6 Å². The van der Waals surface area contributed by atoms with Crippen LogP contribution < -0.4 is 4.72 Å². The lowest BCUT2D eigenvalue weighted by molar-refractivity contribution is -0.131. The zero-order valence-electron chi connectivity index (χ0n) is 14.3. The van der Waals surface area contributed by atoms with Crippen LogP contribution in [0.5, 0.6) is 0 Å². The predicted molar refractivity (Wildman–Crippen MR) is 96.5 cm³/mol. The monoisotopic (exact) mass is 376 g/mol. The Kier molecular flexibility index (Phi) is 5.68. The van der Waals surface area contributed by atoms with Gasteiger partial charge in [-0.2, -0.15) is 4.72 Å². The van der Waals surface area contributed by atoms with Crippen molar-refractivity contribution in [3.05, 3.63) is 66.0 Å². The van der Waals surface area contributed by atoms with Gasteiger partial charge in [-0.1, -0.05) is 30.3 Å². The van der Waals surface area contributed by atoms with Crippen LogP contribution in [0.3, 0.4) is 0 Å². The Morgan fingerprint density at radius 1 is 1.04 bits per heavy atom. The normalized spacial score (nSPS) is 15.8. The highest BCUT2D eigenvalue weighted by Crippen LogP contribution is 2.16. The second-order valence-electron chi connectivity index (χ2n) is 6.35. The SMILES string of the molecule is O=C([C@H](Cc1ccccc1)NS(=O)(=O)c1ccc(F)cc1)N1CCCC1. The largest absolute Gasteiger partial charge is 0.341 e. The molecule has 2 aromatic rings. The second kappa shape index (κ2) is 7.97. The number of nitrogens with zero attached hydrogens (tertiary/aromatic N) is 1. The molecule has 0 radical (unpaired) electrons. The molecule has 1 saturated heterocycles. The van der Waals surface area contributed by atoms with Crippen LogP contribution >= 0.6 is 0 Å². The van der Waals surface area contributed by atoms with E-state index < -0.39 is 21.9 Å². The number of sulfonamides is 1. The Hall–Kier alpha value is -2.25. The number of hydrogen-bond acceptors (Lipinski definition) is 3. The van der Waals surface area contributed by atoms with Crippen molar-refractivity contribution in [3.63, 3.8) is 0 Å². The van der Waals surface area contributed by atoms with Crippen molar-refractivity contribution in [1.29, 1.82) is 0 Å². The lowest BCUT2D eigenvalue weighted by Gasteiger charge is -2.24. The summed E-state index contributed by atoms with van der Waals surface area (Å²) in [5.74, 6) is -0.741. The van der Waals surface area contributed by atoms with Gasteiger partial charge in [-0.15, -0.1) is 0 Å². The third kappa shape index (κ3) is 4.47. The van der Waals surface area contributed by atoms with Gasteiger partial charge in [0.2, 0.25) is 15.9 Å². The number of amides is 1. The van der Waals surface area contributed by atoms with Gasteiger partial charge in [0.15, 0.2) is 0 Å². The summed E-state index contributed by atoms with van der Waals surface area (Å²) in [7, 11) is -3.94. The molecule has 5 nitrogen and oxygen atoms in total. The van der Waals surface area contributed by atoms with Gasteiger partial charge in [0.1, 0.15) is 11.9 Å². The third-order valence-electron chi connectivity index (χ3n) is 4.42. The summed E-state index contributed by atoms with van der Waals surface area (Å²) in [5.41, 5.74) is 0.867. The Balaban J connectivity index is 1.84. The first kappa shape index (κ1) is 18.5. The average molecular weight is 376 g/mol. The summed E-state index contributed by atoms with van der Waals surface area (Å²) in [6, 6.07) is 12.9. The molecule has 0 bridgehead atoms. The molecule has 0 saturated carbocycles. The zero-order valence-corrected chi connectivity index (χ0v) is 15.1. The van der Waals surface area contributed by atoms with E-state index in [2.05, 4.69) is 4.72 Å². The first-order valence-corrected chi connectivity index (χ1v) is 10.0. The fourth-order valence-corrected chi connectivity index (χ4v) is 4.25. The third-order valence-corrected chi connectivity index (χ3v) is 5.91. The summed E-state index contributed by atoms with van der Waals surface area (Å²) in [4.78, 5) is 14.5. The van der Waals surface area contributed by atoms with Crippen LogP contribution in [0.2, 0.25) is 0 Å². The summed E-state index contributed by atoms with van der Waals surface area (Å²) < 4.78 is 40.9. The molecule has 138 valence electrons. The van der Waals surface area contributed by atoms with Crippen molar-refractivity contribution in [2.24, 2.45) is 0 Å². The number of carbonyl (C=O) groups excluding carboxylic acids is 1. The molecular weight excluding hydrogens is 355 g/mol. The van der Waals surface area contributed by atoms with Gasteiger partial charge in [-0.05, 0) is 49.1 Å². The number of hydrogen-bond donors (Lipinski definition) is 1. The lowest BCUT2D eigenvalue weighted by Crippen LogP contribution is -2.48. The number of nitrogens with one attached hydrogen (secondary N) is 1. The number of rotatable bonds is 6. The van der Waals surface area contributed by atoms with Crippen LogP contribution in [0.1, 0.15) is 18.4 Å². The van der Waals surface area contributed by atoms with E-state index in [-0.39, 0.29) is 17.2 Å². The zero-order chi connectivity index (χ0) is 18.6. The maximum Gasteiger partial charge on any atom is 0.241 e. The van der Waals surface area contributed by atoms with Crippen LogP contribution in [0, 0.1) is 5.82 Å². The number of likely N-dealkylation sites (tertiary alicyclic amines) is 1. The molecule has 0 aromatic heterocycles. The fraction of sp³-hybridized carbons (Fsp3) is 0.316. The fourth-order valence-electron chi connectivity index (χ4n) is 3.06. The van der Waals surface area contributed by atoms with E-state index >= 15 is 0 Å². The summed E-state index contributed by atoms with van der Waals surface area (Å²) in [5, 5.41) is 0. The molecule has 7 heteroatoms. The first-order chi connectivity index (χ1) is 12.5. The van der Waals surface area contributed by atoms with Gasteiger partial charge in [0.05, 0.1) is 4.90 Å². The van der Waals surface area contributed by atoms with E-state index in [1.807, 2.05) is 30.3 Å². The molecule has 3 rings (SSSR count). The molecule has 0 spiro atoms. The average Bonchev–Trinajstić information content (AvgIpc) is 3.16. The van der Waals surface area contributed by atoms with Gasteiger partial charge in [-0.25, -0.2) is 12.8 Å². The molecule has 1 aliphatic rings. The van der Waals surface area contributed by atoms with Crippen LogP contribution in [0.4, 0.5) is 4.39 Å². The number of carbonyl (C=O) groups is 1. The summed E-state index contributed by atoms with van der Waals surface area (Å²) in [6.07, 6.45) is 2.11. The van der Waals surface area contributed by atoms with Gasteiger partial charge in [-0.3, -0.25) is 4.79 Å². The highest BCUT2D eigenvalue weighted by molar-refractivity contribution is 7.89.